The lowest BCUT2D eigenvalue weighted by Crippen LogP contribution is -2.00. The van der Waals surface area contributed by atoms with Crippen LogP contribution < -0.4 is 0 Å². The fourth-order valence-corrected chi connectivity index (χ4v) is 10.2. The predicted octanol–water partition coefficient (Wildman–Crippen LogP) is 14.8. The summed E-state index contributed by atoms with van der Waals surface area (Å²) >= 11 is 3.26. The molecule has 0 spiro atoms. The first-order valence-corrected chi connectivity index (χ1v) is 19.7. The number of benzene rings is 8. The van der Waals surface area contributed by atoms with Crippen LogP contribution in [0.15, 0.2) is 180 Å². The van der Waals surface area contributed by atoms with Gasteiger partial charge >= 0.3 is 0 Å². The summed E-state index contributed by atoms with van der Waals surface area (Å²) in [6.45, 7) is 0. The van der Waals surface area contributed by atoms with Crippen LogP contribution in [-0.4, -0.2) is 15.0 Å². The summed E-state index contributed by atoms with van der Waals surface area (Å²) in [5, 5.41) is 6.20. The number of fused-ring (bicyclic) bond motifs is 9. The summed E-state index contributed by atoms with van der Waals surface area (Å²) < 4.78 is 96.1. The third kappa shape index (κ3) is 5.22. The Morgan fingerprint density at radius 1 is 0.421 bits per heavy atom. The second kappa shape index (κ2) is 12.8. The molecule has 0 bridgehead atoms. The van der Waals surface area contributed by atoms with E-state index in [9.17, 15) is 0 Å². The zero-order valence-electron chi connectivity index (χ0n) is 39.5. The minimum atomic E-state index is -0.607. The van der Waals surface area contributed by atoms with Gasteiger partial charge in [-0.15, -0.1) is 22.7 Å². The molecule has 0 amide bonds. The van der Waals surface area contributed by atoms with Crippen LogP contribution in [0.25, 0.3) is 119 Å². The number of thiophene rings is 2. The lowest BCUT2D eigenvalue weighted by atomic mass is 9.93. The topological polar surface area (TPSA) is 51.8 Å². The third-order valence-corrected chi connectivity index (χ3v) is 12.7. The van der Waals surface area contributed by atoms with Gasteiger partial charge in [-0.3, -0.25) is 0 Å². The van der Waals surface area contributed by atoms with E-state index in [1.807, 2.05) is 42.5 Å². The number of para-hydroxylation sites is 1. The SMILES string of the molecule is [2H]c1c([2H])c([2H])c(-c2nc(-c3c([2H])c([2H])c([2H])c([2H])c3[2H])nc(-c3cccc4c3sc3cccc(-c5cc(-c6ccc7c(c6)sc6ccccc67)cc6c5oc5ccccc56)c34)n2)c([2H])c1[2H]. The fourth-order valence-electron chi connectivity index (χ4n) is 7.79. The Kier molecular flexibility index (Phi) is 5.34. The highest BCUT2D eigenvalue weighted by molar-refractivity contribution is 7.26. The molecule has 0 saturated heterocycles. The smallest absolute Gasteiger partial charge is 0.165 e. The number of hydrogen-bond donors (Lipinski definition) is 0. The maximum atomic E-state index is 8.80. The van der Waals surface area contributed by atoms with Crippen LogP contribution in [0.2, 0.25) is 0 Å². The number of rotatable bonds is 5. The van der Waals surface area contributed by atoms with Crippen molar-refractivity contribution >= 4 is 85.0 Å². The van der Waals surface area contributed by atoms with Gasteiger partial charge in [0.25, 0.3) is 0 Å². The molecule has 57 heavy (non-hydrogen) atoms. The second-order valence-electron chi connectivity index (χ2n) is 13.6. The molecule has 12 aromatic rings. The molecule has 0 unspecified atom stereocenters. The van der Waals surface area contributed by atoms with Gasteiger partial charge in [0, 0.05) is 73.4 Å². The highest BCUT2D eigenvalue weighted by Gasteiger charge is 2.21. The molecule has 0 saturated carbocycles. The molecule has 4 heterocycles. The van der Waals surface area contributed by atoms with E-state index in [1.54, 1.807) is 17.4 Å². The molecule has 6 heteroatoms. The van der Waals surface area contributed by atoms with Gasteiger partial charge in [-0.05, 0) is 59.2 Å². The molecule has 4 aromatic heterocycles. The normalized spacial score (nSPS) is 14.3. The third-order valence-electron chi connectivity index (χ3n) is 10.3. The average Bonchev–Trinajstić information content (AvgIpc) is 4.05. The molecule has 8 aromatic carbocycles. The first-order chi connectivity index (χ1) is 32.4. The number of nitrogens with zero attached hydrogens (tertiary/aromatic N) is 3. The summed E-state index contributed by atoms with van der Waals surface area (Å²) in [4.78, 5) is 14.0. The Balaban J connectivity index is 1.11. The monoisotopic (exact) mass is 773 g/mol. The molecule has 0 radical (unpaired) electrons. The number of furan rings is 1. The van der Waals surface area contributed by atoms with Crippen molar-refractivity contribution in [3.63, 3.8) is 0 Å². The zero-order valence-corrected chi connectivity index (χ0v) is 31.2. The van der Waals surface area contributed by atoms with Gasteiger partial charge in [0.1, 0.15) is 11.2 Å². The predicted molar refractivity (Wildman–Crippen MR) is 240 cm³/mol. The Morgan fingerprint density at radius 3 is 1.88 bits per heavy atom. The van der Waals surface area contributed by atoms with E-state index >= 15 is 0 Å². The van der Waals surface area contributed by atoms with Crippen LogP contribution in [0.5, 0.6) is 0 Å². The van der Waals surface area contributed by atoms with Crippen molar-refractivity contribution in [1.82, 2.24) is 15.0 Å². The maximum Gasteiger partial charge on any atom is 0.165 e. The van der Waals surface area contributed by atoms with Crippen LogP contribution in [0.3, 0.4) is 0 Å². The van der Waals surface area contributed by atoms with Crippen LogP contribution in [-0.2, 0) is 0 Å². The summed E-state index contributed by atoms with van der Waals surface area (Å²) in [6, 6.07) is 33.3. The molecular weight excluding hydrogens is 735 g/mol. The van der Waals surface area contributed by atoms with E-state index in [4.69, 9.17) is 28.1 Å². The van der Waals surface area contributed by atoms with Gasteiger partial charge in [-0.2, -0.15) is 0 Å². The zero-order chi connectivity index (χ0) is 46.2. The van der Waals surface area contributed by atoms with E-state index in [1.165, 1.54) is 31.5 Å². The van der Waals surface area contributed by atoms with Gasteiger partial charge < -0.3 is 4.42 Å². The van der Waals surface area contributed by atoms with Crippen molar-refractivity contribution in [2.24, 2.45) is 0 Å². The van der Waals surface area contributed by atoms with E-state index in [-0.39, 0.29) is 28.6 Å². The van der Waals surface area contributed by atoms with E-state index < -0.39 is 60.4 Å². The van der Waals surface area contributed by atoms with Crippen molar-refractivity contribution in [3.05, 3.63) is 176 Å². The largest absolute Gasteiger partial charge is 0.455 e. The van der Waals surface area contributed by atoms with Gasteiger partial charge in [0.2, 0.25) is 0 Å². The van der Waals surface area contributed by atoms with Crippen LogP contribution >= 0.6 is 22.7 Å². The van der Waals surface area contributed by atoms with E-state index in [2.05, 4.69) is 71.7 Å². The first-order valence-electron chi connectivity index (χ1n) is 23.1. The Morgan fingerprint density at radius 2 is 1.07 bits per heavy atom. The molecule has 0 aliphatic rings. The number of hydrogen-bond acceptors (Lipinski definition) is 6. The molecule has 4 nitrogen and oxygen atoms in total. The van der Waals surface area contributed by atoms with Crippen LogP contribution in [0, 0.1) is 0 Å². The minimum absolute atomic E-state index is 0.00984. The maximum absolute atomic E-state index is 8.80. The molecule has 0 atom stereocenters. The molecule has 0 N–H and O–H groups in total. The van der Waals surface area contributed by atoms with E-state index in [0.29, 0.717) is 5.56 Å². The van der Waals surface area contributed by atoms with Crippen LogP contribution in [0.1, 0.15) is 13.7 Å². The number of aromatic nitrogens is 3. The van der Waals surface area contributed by atoms with Crippen LogP contribution in [0.4, 0.5) is 0 Å². The summed E-state index contributed by atoms with van der Waals surface area (Å²) in [6.07, 6.45) is 0. The molecular formula is C51H29N3OS2. The van der Waals surface area contributed by atoms with Gasteiger partial charge in [0.15, 0.2) is 17.5 Å². The highest BCUT2D eigenvalue weighted by atomic mass is 32.1. The average molecular weight is 774 g/mol. The Labute approximate surface area is 349 Å². The quantitative estimate of drug-likeness (QED) is 0.175. The summed E-state index contributed by atoms with van der Waals surface area (Å²) in [7, 11) is 0. The molecule has 266 valence electrons. The lowest BCUT2D eigenvalue weighted by molar-refractivity contribution is 0.670. The van der Waals surface area contributed by atoms with Crippen molar-refractivity contribution in [1.29, 1.82) is 0 Å². The molecule has 12 rings (SSSR count). The summed E-state index contributed by atoms with van der Waals surface area (Å²) in [5.41, 5.74) is 5.25. The second-order valence-corrected chi connectivity index (χ2v) is 15.7. The van der Waals surface area contributed by atoms with Crippen molar-refractivity contribution in [2.75, 3.05) is 0 Å². The summed E-state index contributed by atoms with van der Waals surface area (Å²) in [5.74, 6) is -0.628. The first kappa shape index (κ1) is 23.8. The standard InChI is InChI=1S/C51H29N3OS2/c1-3-13-30(14-4-1)49-52-50(31-15-5-2-6-16-31)54-51(53-49)39-21-11-20-38-46-37(19-12-24-44(46)57-48(38)39)41-28-33(27-40-34-17-7-9-22-42(34)55-47(40)41)32-25-26-36-35-18-8-10-23-43(35)56-45(36)29-32/h1-29H/i1D,2D,3D,4D,5D,6D,13D,14D,15D,16D. The Bertz CT molecular complexity index is 4000. The highest BCUT2D eigenvalue weighted by Crippen LogP contribution is 2.47. The lowest BCUT2D eigenvalue weighted by Gasteiger charge is -2.11. The van der Waals surface area contributed by atoms with Gasteiger partial charge in [-0.1, -0.05) is 133 Å². The van der Waals surface area contributed by atoms with Gasteiger partial charge in [0.05, 0.1) is 13.7 Å². The molecule has 0 aliphatic heterocycles. The van der Waals surface area contributed by atoms with Crippen molar-refractivity contribution in [3.8, 4) is 56.4 Å². The fraction of sp³-hybridized carbons (Fsp3) is 0. The minimum Gasteiger partial charge on any atom is -0.455 e. The van der Waals surface area contributed by atoms with Crippen molar-refractivity contribution < 1.29 is 18.1 Å². The van der Waals surface area contributed by atoms with Gasteiger partial charge in [-0.25, -0.2) is 15.0 Å². The van der Waals surface area contributed by atoms with Crippen molar-refractivity contribution in [2.45, 2.75) is 0 Å². The Hall–Kier alpha value is -6.99. The molecule has 0 fully saturated rings. The van der Waals surface area contributed by atoms with E-state index in [0.717, 1.165) is 64.4 Å². The molecule has 0 aliphatic carbocycles.